The zero-order valence-corrected chi connectivity index (χ0v) is 10.2. The van der Waals surface area contributed by atoms with E-state index in [-0.39, 0.29) is 22.3 Å². The third-order valence-electron chi connectivity index (χ3n) is 2.25. The predicted molar refractivity (Wildman–Crippen MR) is 65.2 cm³/mol. The number of rotatable bonds is 2. The Balaban J connectivity index is 2.31. The van der Waals surface area contributed by atoms with E-state index in [1.54, 1.807) is 0 Å². The topological polar surface area (TPSA) is 48.1 Å². The summed E-state index contributed by atoms with van der Waals surface area (Å²) in [5.74, 6) is 0.431. The molecule has 1 heterocycles. The lowest BCUT2D eigenvalue weighted by atomic mass is 10.2. The SMILES string of the molecule is Nc1ccc(Oc2cc(C(F)(F)F)ccc2Cl)cn1. The number of anilines is 1. The van der Waals surface area contributed by atoms with Crippen molar-refractivity contribution >= 4 is 17.4 Å². The summed E-state index contributed by atoms with van der Waals surface area (Å²) in [6, 6.07) is 5.80. The van der Waals surface area contributed by atoms with Gasteiger partial charge in [0.15, 0.2) is 0 Å². The van der Waals surface area contributed by atoms with Crippen molar-refractivity contribution in [1.82, 2.24) is 4.98 Å². The standard InChI is InChI=1S/C12H8ClF3N2O/c13-9-3-1-7(12(14,15)16)5-10(9)19-8-2-4-11(17)18-6-8/h1-6H,(H2,17,18). The number of pyridine rings is 1. The highest BCUT2D eigenvalue weighted by Gasteiger charge is 2.31. The van der Waals surface area contributed by atoms with E-state index in [1.165, 1.54) is 18.3 Å². The van der Waals surface area contributed by atoms with Crippen LogP contribution in [0, 0.1) is 0 Å². The van der Waals surface area contributed by atoms with Crippen LogP contribution in [0.5, 0.6) is 11.5 Å². The van der Waals surface area contributed by atoms with Crippen molar-refractivity contribution in [3.8, 4) is 11.5 Å². The van der Waals surface area contributed by atoms with Gasteiger partial charge in [0.05, 0.1) is 16.8 Å². The fraction of sp³-hybridized carbons (Fsp3) is 0.0833. The molecule has 0 spiro atoms. The second-order valence-electron chi connectivity index (χ2n) is 3.66. The molecule has 0 amide bonds. The average molecular weight is 289 g/mol. The molecular formula is C12H8ClF3N2O. The first-order valence-electron chi connectivity index (χ1n) is 5.12. The van der Waals surface area contributed by atoms with Crippen molar-refractivity contribution in [2.45, 2.75) is 6.18 Å². The molecule has 0 fully saturated rings. The number of alkyl halides is 3. The molecule has 2 N–H and O–H groups in total. The molecule has 0 aliphatic rings. The molecule has 7 heteroatoms. The molecule has 1 aromatic heterocycles. The molecule has 0 atom stereocenters. The molecule has 0 radical (unpaired) electrons. The van der Waals surface area contributed by atoms with Crippen LogP contribution >= 0.6 is 11.6 Å². The molecule has 0 saturated carbocycles. The number of hydrogen-bond donors (Lipinski definition) is 1. The van der Waals surface area contributed by atoms with E-state index in [2.05, 4.69) is 4.98 Å². The number of benzene rings is 1. The van der Waals surface area contributed by atoms with Gasteiger partial charge in [0.1, 0.15) is 17.3 Å². The van der Waals surface area contributed by atoms with Crippen LogP contribution in [-0.2, 0) is 6.18 Å². The molecular weight excluding hydrogens is 281 g/mol. The normalized spacial score (nSPS) is 11.4. The Kier molecular flexibility index (Phi) is 3.53. The van der Waals surface area contributed by atoms with Crippen LogP contribution in [0.1, 0.15) is 5.56 Å². The third-order valence-corrected chi connectivity index (χ3v) is 2.56. The number of ether oxygens (including phenoxy) is 1. The number of nitrogens with zero attached hydrogens (tertiary/aromatic N) is 1. The van der Waals surface area contributed by atoms with Crippen LogP contribution < -0.4 is 10.5 Å². The fourth-order valence-electron chi connectivity index (χ4n) is 1.34. The molecule has 0 bridgehead atoms. The van der Waals surface area contributed by atoms with Crippen molar-refractivity contribution in [2.75, 3.05) is 5.73 Å². The Morgan fingerprint density at radius 3 is 2.47 bits per heavy atom. The third kappa shape index (κ3) is 3.29. The molecule has 3 nitrogen and oxygen atoms in total. The van der Waals surface area contributed by atoms with Crippen molar-refractivity contribution in [3.05, 3.63) is 47.1 Å². The number of halogens is 4. The van der Waals surface area contributed by atoms with Crippen LogP contribution in [0.15, 0.2) is 36.5 Å². The highest BCUT2D eigenvalue weighted by molar-refractivity contribution is 6.32. The second kappa shape index (κ2) is 4.97. The van der Waals surface area contributed by atoms with Gasteiger partial charge in [-0.15, -0.1) is 0 Å². The van der Waals surface area contributed by atoms with Gasteiger partial charge < -0.3 is 10.5 Å². The minimum absolute atomic E-state index is 0.0739. The van der Waals surface area contributed by atoms with Gasteiger partial charge in [-0.25, -0.2) is 4.98 Å². The summed E-state index contributed by atoms with van der Waals surface area (Å²) in [4.78, 5) is 3.76. The highest BCUT2D eigenvalue weighted by Crippen LogP contribution is 2.36. The zero-order valence-electron chi connectivity index (χ0n) is 9.41. The van der Waals surface area contributed by atoms with Crippen LogP contribution in [0.3, 0.4) is 0 Å². The Morgan fingerprint density at radius 1 is 1.16 bits per heavy atom. The minimum atomic E-state index is -4.46. The largest absolute Gasteiger partial charge is 0.454 e. The first-order chi connectivity index (χ1) is 8.86. The maximum absolute atomic E-state index is 12.6. The first-order valence-corrected chi connectivity index (χ1v) is 5.50. The number of hydrogen-bond acceptors (Lipinski definition) is 3. The zero-order chi connectivity index (χ0) is 14.0. The smallest absolute Gasteiger partial charge is 0.416 e. The Hall–Kier alpha value is -1.95. The molecule has 1 aromatic carbocycles. The molecule has 2 aromatic rings. The first kappa shape index (κ1) is 13.5. The molecule has 0 saturated heterocycles. The fourth-order valence-corrected chi connectivity index (χ4v) is 1.49. The summed E-state index contributed by atoms with van der Waals surface area (Å²) in [6.07, 6.45) is -3.16. The van der Waals surface area contributed by atoms with Gasteiger partial charge in [-0.1, -0.05) is 11.6 Å². The molecule has 0 aliphatic carbocycles. The maximum Gasteiger partial charge on any atom is 0.416 e. The monoisotopic (exact) mass is 288 g/mol. The van der Waals surface area contributed by atoms with E-state index in [0.717, 1.165) is 18.2 Å². The Bertz CT molecular complexity index is 585. The minimum Gasteiger partial charge on any atom is -0.454 e. The highest BCUT2D eigenvalue weighted by atomic mass is 35.5. The van der Waals surface area contributed by atoms with Crippen molar-refractivity contribution in [2.24, 2.45) is 0 Å². The van der Waals surface area contributed by atoms with Gasteiger partial charge in [-0.3, -0.25) is 0 Å². The lowest BCUT2D eigenvalue weighted by Gasteiger charge is -2.11. The summed E-state index contributed by atoms with van der Waals surface area (Å²) in [7, 11) is 0. The molecule has 19 heavy (non-hydrogen) atoms. The van der Waals surface area contributed by atoms with Gasteiger partial charge in [-0.05, 0) is 30.3 Å². The number of nitrogen functional groups attached to an aromatic ring is 1. The maximum atomic E-state index is 12.6. The molecule has 0 aliphatic heterocycles. The van der Waals surface area contributed by atoms with E-state index >= 15 is 0 Å². The quantitative estimate of drug-likeness (QED) is 0.904. The van der Waals surface area contributed by atoms with Gasteiger partial charge >= 0.3 is 6.18 Å². The number of aromatic nitrogens is 1. The summed E-state index contributed by atoms with van der Waals surface area (Å²) >= 11 is 5.79. The molecule has 100 valence electrons. The van der Waals surface area contributed by atoms with Gasteiger partial charge in [-0.2, -0.15) is 13.2 Å². The molecule has 0 unspecified atom stereocenters. The second-order valence-corrected chi connectivity index (χ2v) is 4.07. The van der Waals surface area contributed by atoms with Crippen LogP contribution in [-0.4, -0.2) is 4.98 Å². The van der Waals surface area contributed by atoms with Crippen molar-refractivity contribution in [1.29, 1.82) is 0 Å². The summed E-state index contributed by atoms with van der Waals surface area (Å²) < 4.78 is 42.9. The predicted octanol–water partition coefficient (Wildman–Crippen LogP) is 4.13. The summed E-state index contributed by atoms with van der Waals surface area (Å²) in [6.45, 7) is 0. The van der Waals surface area contributed by atoms with E-state index in [0.29, 0.717) is 0 Å². The van der Waals surface area contributed by atoms with Crippen LogP contribution in [0.4, 0.5) is 19.0 Å². The van der Waals surface area contributed by atoms with E-state index in [4.69, 9.17) is 22.1 Å². The van der Waals surface area contributed by atoms with E-state index in [9.17, 15) is 13.2 Å². The lowest BCUT2D eigenvalue weighted by Crippen LogP contribution is -2.04. The molecule has 2 rings (SSSR count). The number of nitrogens with two attached hydrogens (primary N) is 1. The Labute approximate surface area is 111 Å². The van der Waals surface area contributed by atoms with Crippen LogP contribution in [0.25, 0.3) is 0 Å². The van der Waals surface area contributed by atoms with Crippen molar-refractivity contribution in [3.63, 3.8) is 0 Å². The van der Waals surface area contributed by atoms with E-state index < -0.39 is 11.7 Å². The Morgan fingerprint density at radius 2 is 1.89 bits per heavy atom. The summed E-state index contributed by atoms with van der Waals surface area (Å²) in [5, 5.41) is 0.0739. The van der Waals surface area contributed by atoms with Crippen molar-refractivity contribution < 1.29 is 17.9 Å². The van der Waals surface area contributed by atoms with E-state index in [1.807, 2.05) is 0 Å². The summed E-state index contributed by atoms with van der Waals surface area (Å²) in [5.41, 5.74) is 4.55. The van der Waals surface area contributed by atoms with Gasteiger partial charge in [0.25, 0.3) is 0 Å². The van der Waals surface area contributed by atoms with Gasteiger partial charge in [0, 0.05) is 0 Å². The average Bonchev–Trinajstić information content (AvgIpc) is 2.33. The van der Waals surface area contributed by atoms with Crippen LogP contribution in [0.2, 0.25) is 5.02 Å². The van der Waals surface area contributed by atoms with Gasteiger partial charge in [0.2, 0.25) is 0 Å². The lowest BCUT2D eigenvalue weighted by molar-refractivity contribution is -0.137.